The van der Waals surface area contributed by atoms with Crippen molar-refractivity contribution in [1.82, 2.24) is 0 Å². The van der Waals surface area contributed by atoms with E-state index in [0.717, 1.165) is 0 Å². The van der Waals surface area contributed by atoms with Crippen LogP contribution in [0.3, 0.4) is 0 Å². The molecule has 0 aromatic heterocycles. The highest BCUT2D eigenvalue weighted by atomic mass is 19.2. The van der Waals surface area contributed by atoms with E-state index < -0.39 is 41.2 Å². The summed E-state index contributed by atoms with van der Waals surface area (Å²) in [6, 6.07) is 0. The van der Waals surface area contributed by atoms with Crippen LogP contribution in [-0.4, -0.2) is 11.2 Å². The van der Waals surface area contributed by atoms with Crippen LogP contribution >= 0.6 is 0 Å². The van der Waals surface area contributed by atoms with E-state index in [9.17, 15) is 22.7 Å². The van der Waals surface area contributed by atoms with Crippen LogP contribution in [0, 0.1) is 23.3 Å². The fourth-order valence-electron chi connectivity index (χ4n) is 2.77. The Balaban J connectivity index is 2.34. The lowest BCUT2D eigenvalue weighted by atomic mass is 9.90. The maximum Gasteiger partial charge on any atom is 0.197 e. The van der Waals surface area contributed by atoms with Gasteiger partial charge in [-0.2, -0.15) is 0 Å². The summed E-state index contributed by atoms with van der Waals surface area (Å²) in [7, 11) is 0. The van der Waals surface area contributed by atoms with Crippen LogP contribution in [0.4, 0.5) is 17.6 Å². The highest BCUT2D eigenvalue weighted by molar-refractivity contribution is 5.47. The molecule has 2 bridgehead atoms. The number of fused-ring (bicyclic) bond motifs is 5. The molecule has 1 nitrogen and oxygen atoms in total. The monoisotopic (exact) mass is 244 g/mol. The number of hydrogen-bond acceptors (Lipinski definition) is 1. The Morgan fingerprint density at radius 1 is 0.882 bits per heavy atom. The number of aliphatic hydroxyl groups excluding tert-OH is 1. The highest BCUT2D eigenvalue weighted by Gasteiger charge is 2.43. The van der Waals surface area contributed by atoms with Crippen LogP contribution < -0.4 is 0 Å². The minimum Gasteiger partial charge on any atom is -0.388 e. The molecule has 0 aliphatic heterocycles. The first-order valence-corrected chi connectivity index (χ1v) is 5.24. The lowest BCUT2D eigenvalue weighted by Crippen LogP contribution is -2.17. The number of allylic oxidation sites excluding steroid dienone is 1. The SMILES string of the molecule is O[C@H]1C=C[C@@H]2C[C@H]1c1c(F)c(F)c(F)c(F)c12. The van der Waals surface area contributed by atoms with Gasteiger partial charge in [-0.15, -0.1) is 0 Å². The Morgan fingerprint density at radius 2 is 1.47 bits per heavy atom. The molecule has 5 heteroatoms. The summed E-state index contributed by atoms with van der Waals surface area (Å²) in [4.78, 5) is 0. The van der Waals surface area contributed by atoms with Crippen LogP contribution in [-0.2, 0) is 0 Å². The van der Waals surface area contributed by atoms with Gasteiger partial charge in [-0.1, -0.05) is 12.2 Å². The Bertz CT molecular complexity index is 538. The van der Waals surface area contributed by atoms with Crippen molar-refractivity contribution in [2.24, 2.45) is 0 Å². The first-order chi connectivity index (χ1) is 8.02. The number of rotatable bonds is 0. The minimum atomic E-state index is -1.80. The standard InChI is InChI=1S/C12H8F4O/c13-9-7-4-1-2-6(17)5(3-4)8(7)10(14)12(16)11(9)15/h1-2,4-6,17H,3H2/t4-,5-,6+/m1/s1. The van der Waals surface area contributed by atoms with Crippen molar-refractivity contribution in [3.8, 4) is 0 Å². The second-order valence-electron chi connectivity index (χ2n) is 4.41. The van der Waals surface area contributed by atoms with Crippen molar-refractivity contribution in [3.05, 3.63) is 46.5 Å². The summed E-state index contributed by atoms with van der Waals surface area (Å²) in [5, 5.41) is 9.63. The van der Waals surface area contributed by atoms with Crippen molar-refractivity contribution in [2.75, 3.05) is 0 Å². The zero-order valence-corrected chi connectivity index (χ0v) is 8.55. The van der Waals surface area contributed by atoms with Crippen LogP contribution in [0.15, 0.2) is 12.2 Å². The molecular formula is C12H8F4O. The van der Waals surface area contributed by atoms with E-state index in [-0.39, 0.29) is 17.5 Å². The summed E-state index contributed by atoms with van der Waals surface area (Å²) < 4.78 is 53.5. The first-order valence-electron chi connectivity index (χ1n) is 5.24. The molecule has 0 unspecified atom stereocenters. The van der Waals surface area contributed by atoms with E-state index in [2.05, 4.69) is 0 Å². The zero-order valence-electron chi connectivity index (χ0n) is 8.55. The van der Waals surface area contributed by atoms with Gasteiger partial charge in [0.2, 0.25) is 0 Å². The maximum atomic E-state index is 13.6. The third-order valence-electron chi connectivity index (χ3n) is 3.54. The molecule has 0 saturated carbocycles. The first kappa shape index (κ1) is 10.8. The Labute approximate surface area is 94.4 Å². The average Bonchev–Trinajstić information content (AvgIpc) is 2.64. The Morgan fingerprint density at radius 3 is 2.12 bits per heavy atom. The van der Waals surface area contributed by atoms with Crippen molar-refractivity contribution in [1.29, 1.82) is 0 Å². The van der Waals surface area contributed by atoms with E-state index in [0.29, 0.717) is 0 Å². The van der Waals surface area contributed by atoms with Crippen LogP contribution in [0.2, 0.25) is 0 Å². The molecular weight excluding hydrogens is 236 g/mol. The molecule has 0 fully saturated rings. The fourth-order valence-corrected chi connectivity index (χ4v) is 2.77. The predicted molar refractivity (Wildman–Crippen MR) is 51.5 cm³/mol. The molecule has 17 heavy (non-hydrogen) atoms. The molecule has 90 valence electrons. The summed E-state index contributed by atoms with van der Waals surface area (Å²) in [5.74, 6) is -7.48. The Kier molecular flexibility index (Phi) is 2.10. The predicted octanol–water partition coefficient (Wildman–Crippen LogP) is 2.74. The van der Waals surface area contributed by atoms with Gasteiger partial charge in [-0.05, 0) is 6.42 Å². The lowest BCUT2D eigenvalue weighted by Gasteiger charge is -2.19. The van der Waals surface area contributed by atoms with Gasteiger partial charge in [0.15, 0.2) is 23.3 Å². The van der Waals surface area contributed by atoms with E-state index in [1.54, 1.807) is 0 Å². The molecule has 0 heterocycles. The van der Waals surface area contributed by atoms with Gasteiger partial charge in [0.05, 0.1) is 6.10 Å². The average molecular weight is 244 g/mol. The normalized spacial score (nSPS) is 29.6. The molecule has 1 N–H and O–H groups in total. The van der Waals surface area contributed by atoms with Gasteiger partial charge >= 0.3 is 0 Å². The second kappa shape index (κ2) is 3.32. The van der Waals surface area contributed by atoms with Gasteiger partial charge < -0.3 is 5.11 Å². The van der Waals surface area contributed by atoms with Crippen molar-refractivity contribution in [3.63, 3.8) is 0 Å². The number of halogens is 4. The van der Waals surface area contributed by atoms with Gasteiger partial charge in [-0.25, -0.2) is 17.6 Å². The van der Waals surface area contributed by atoms with E-state index >= 15 is 0 Å². The molecule has 0 amide bonds. The third-order valence-corrected chi connectivity index (χ3v) is 3.54. The van der Waals surface area contributed by atoms with Crippen LogP contribution in [0.5, 0.6) is 0 Å². The molecule has 2 aliphatic carbocycles. The van der Waals surface area contributed by atoms with Crippen LogP contribution in [0.1, 0.15) is 29.4 Å². The smallest absolute Gasteiger partial charge is 0.197 e. The second-order valence-corrected chi connectivity index (χ2v) is 4.41. The van der Waals surface area contributed by atoms with E-state index in [4.69, 9.17) is 0 Å². The summed E-state index contributed by atoms with van der Waals surface area (Å²) in [6.07, 6.45) is 2.22. The van der Waals surface area contributed by atoms with Crippen molar-refractivity contribution in [2.45, 2.75) is 24.4 Å². The summed E-state index contributed by atoms with van der Waals surface area (Å²) in [5.41, 5.74) is -0.372. The molecule has 1 aromatic carbocycles. The van der Waals surface area contributed by atoms with E-state index in [1.165, 1.54) is 12.2 Å². The van der Waals surface area contributed by atoms with Gasteiger partial charge in [-0.3, -0.25) is 0 Å². The quantitative estimate of drug-likeness (QED) is 0.322. The molecule has 3 rings (SSSR count). The fraction of sp³-hybridized carbons (Fsp3) is 0.333. The molecule has 0 spiro atoms. The molecule has 2 aliphatic rings. The maximum absolute atomic E-state index is 13.6. The number of hydrogen-bond donors (Lipinski definition) is 1. The third kappa shape index (κ3) is 1.23. The Hall–Kier alpha value is -1.36. The largest absolute Gasteiger partial charge is 0.388 e. The molecule has 0 radical (unpaired) electrons. The molecule has 3 atom stereocenters. The zero-order chi connectivity index (χ0) is 12.3. The summed E-state index contributed by atoms with van der Waals surface area (Å²) >= 11 is 0. The summed E-state index contributed by atoms with van der Waals surface area (Å²) in [6.45, 7) is 0. The highest BCUT2D eigenvalue weighted by Crippen LogP contribution is 2.50. The number of benzene rings is 1. The van der Waals surface area contributed by atoms with Crippen molar-refractivity contribution >= 4 is 0 Å². The minimum absolute atomic E-state index is 0.154. The topological polar surface area (TPSA) is 20.2 Å². The van der Waals surface area contributed by atoms with E-state index in [1.807, 2.05) is 0 Å². The van der Waals surface area contributed by atoms with Gasteiger partial charge in [0, 0.05) is 23.0 Å². The number of aliphatic hydroxyl groups is 1. The molecule has 1 aromatic rings. The van der Waals surface area contributed by atoms with Gasteiger partial charge in [0.1, 0.15) is 0 Å². The van der Waals surface area contributed by atoms with Crippen LogP contribution in [0.25, 0.3) is 0 Å². The van der Waals surface area contributed by atoms with Gasteiger partial charge in [0.25, 0.3) is 0 Å². The lowest BCUT2D eigenvalue weighted by molar-refractivity contribution is 0.180. The molecule has 0 saturated heterocycles. The van der Waals surface area contributed by atoms with Crippen molar-refractivity contribution < 1.29 is 22.7 Å².